The zero-order valence-corrected chi connectivity index (χ0v) is 14.9. The van der Waals surface area contributed by atoms with Crippen molar-refractivity contribution in [1.82, 2.24) is 14.9 Å². The summed E-state index contributed by atoms with van der Waals surface area (Å²) in [6.45, 7) is 3.82. The number of pyridine rings is 2. The van der Waals surface area contributed by atoms with Crippen LogP contribution in [0.25, 0.3) is 0 Å². The lowest BCUT2D eigenvalue weighted by Gasteiger charge is -2.39. The molecular weight excluding hydrogens is 330 g/mol. The van der Waals surface area contributed by atoms with Gasteiger partial charge in [0.05, 0.1) is 30.5 Å². The van der Waals surface area contributed by atoms with Crippen molar-refractivity contribution in [3.63, 3.8) is 0 Å². The van der Waals surface area contributed by atoms with Crippen molar-refractivity contribution in [2.45, 2.75) is 37.9 Å². The van der Waals surface area contributed by atoms with Gasteiger partial charge in [0.25, 0.3) is 5.91 Å². The number of hydrogen-bond acceptors (Lipinski definition) is 5. The molecule has 4 heterocycles. The lowest BCUT2D eigenvalue weighted by atomic mass is 9.89. The predicted octanol–water partition coefficient (Wildman–Crippen LogP) is 2.63. The minimum Gasteiger partial charge on any atom is -0.486 e. The number of aryl methyl sites for hydroxylation is 1. The lowest BCUT2D eigenvalue weighted by Crippen LogP contribution is -2.50. The van der Waals surface area contributed by atoms with E-state index in [9.17, 15) is 4.79 Å². The van der Waals surface area contributed by atoms with E-state index >= 15 is 0 Å². The Morgan fingerprint density at radius 2 is 2.27 bits per heavy atom. The molecule has 4 rings (SSSR count). The topological polar surface area (TPSA) is 64.6 Å². The Bertz CT molecular complexity index is 766. The third-order valence-electron chi connectivity index (χ3n) is 5.10. The second-order valence-corrected chi connectivity index (χ2v) is 7.15. The van der Waals surface area contributed by atoms with E-state index in [4.69, 9.17) is 9.47 Å². The number of carbonyl (C=O) groups is 1. The minimum atomic E-state index is -0.307. The molecule has 0 radical (unpaired) electrons. The molecule has 26 heavy (non-hydrogen) atoms. The van der Waals surface area contributed by atoms with Gasteiger partial charge in [0.1, 0.15) is 11.9 Å². The van der Waals surface area contributed by atoms with Gasteiger partial charge in [-0.2, -0.15) is 0 Å². The lowest BCUT2D eigenvalue weighted by molar-refractivity contribution is -0.0453. The highest BCUT2D eigenvalue weighted by atomic mass is 16.6. The maximum absolute atomic E-state index is 12.8. The van der Waals surface area contributed by atoms with Crippen molar-refractivity contribution in [3.05, 3.63) is 54.1 Å². The van der Waals surface area contributed by atoms with Gasteiger partial charge in [0, 0.05) is 31.1 Å². The van der Waals surface area contributed by atoms with Gasteiger partial charge in [-0.05, 0) is 44.0 Å². The summed E-state index contributed by atoms with van der Waals surface area (Å²) < 4.78 is 12.1. The molecule has 2 aliphatic rings. The van der Waals surface area contributed by atoms with Crippen LogP contribution in [-0.4, -0.2) is 52.2 Å². The summed E-state index contributed by atoms with van der Waals surface area (Å²) in [5, 5.41) is 0. The molecule has 0 N–H and O–H groups in total. The summed E-state index contributed by atoms with van der Waals surface area (Å²) in [5.41, 5.74) is 1.24. The van der Waals surface area contributed by atoms with Crippen molar-refractivity contribution in [1.29, 1.82) is 0 Å². The van der Waals surface area contributed by atoms with Crippen molar-refractivity contribution < 1.29 is 14.3 Å². The Morgan fingerprint density at radius 1 is 1.35 bits per heavy atom. The minimum absolute atomic E-state index is 0.00436. The fourth-order valence-corrected chi connectivity index (χ4v) is 3.82. The van der Waals surface area contributed by atoms with E-state index in [1.54, 1.807) is 18.6 Å². The molecular formula is C20H23N3O3. The smallest absolute Gasteiger partial charge is 0.255 e. The van der Waals surface area contributed by atoms with Gasteiger partial charge < -0.3 is 14.4 Å². The predicted molar refractivity (Wildman–Crippen MR) is 96.1 cm³/mol. The van der Waals surface area contributed by atoms with Crippen molar-refractivity contribution in [2.75, 3.05) is 19.7 Å². The van der Waals surface area contributed by atoms with Crippen molar-refractivity contribution in [2.24, 2.45) is 0 Å². The Hall–Kier alpha value is -2.47. The van der Waals surface area contributed by atoms with Crippen LogP contribution in [0, 0.1) is 6.92 Å². The number of aromatic nitrogens is 2. The van der Waals surface area contributed by atoms with Crippen LogP contribution < -0.4 is 4.74 Å². The van der Waals surface area contributed by atoms with Crippen molar-refractivity contribution in [3.8, 4) is 5.75 Å². The molecule has 0 bridgehead atoms. The highest BCUT2D eigenvalue weighted by molar-refractivity contribution is 5.94. The number of rotatable bonds is 3. The van der Waals surface area contributed by atoms with E-state index in [1.807, 2.05) is 36.1 Å². The number of nitrogens with zero attached hydrogens (tertiary/aromatic N) is 3. The molecule has 2 saturated heterocycles. The summed E-state index contributed by atoms with van der Waals surface area (Å²) in [6, 6.07) is 7.48. The third kappa shape index (κ3) is 3.55. The third-order valence-corrected chi connectivity index (χ3v) is 5.10. The van der Waals surface area contributed by atoms with E-state index in [-0.39, 0.29) is 17.6 Å². The highest BCUT2D eigenvalue weighted by Gasteiger charge is 2.45. The van der Waals surface area contributed by atoms with Crippen LogP contribution in [0.5, 0.6) is 5.75 Å². The average Bonchev–Trinajstić information content (AvgIpc) is 3.04. The second-order valence-electron chi connectivity index (χ2n) is 7.15. The number of ether oxygens (including phenoxy) is 2. The monoisotopic (exact) mass is 353 g/mol. The van der Waals surface area contributed by atoms with Crippen LogP contribution >= 0.6 is 0 Å². The van der Waals surface area contributed by atoms with Gasteiger partial charge in [-0.15, -0.1) is 0 Å². The first kappa shape index (κ1) is 17.0. The van der Waals surface area contributed by atoms with Crippen LogP contribution in [0.2, 0.25) is 0 Å². The van der Waals surface area contributed by atoms with E-state index in [0.717, 1.165) is 37.3 Å². The number of amides is 1. The van der Waals surface area contributed by atoms with Gasteiger partial charge in [-0.3, -0.25) is 14.8 Å². The molecule has 0 aromatic carbocycles. The molecule has 2 fully saturated rings. The molecule has 136 valence electrons. The summed E-state index contributed by atoms with van der Waals surface area (Å²) >= 11 is 0. The fourth-order valence-electron chi connectivity index (χ4n) is 3.82. The average molecular weight is 353 g/mol. The standard InChI is InChI=1S/C20H23N3O3/c1-15-5-6-16(11-22-15)19(24)23-9-3-7-20(14-23)10-18(13-25-20)26-17-4-2-8-21-12-17/h2,4-6,8,11-12,18H,3,7,9-10,13-14H2,1H3/t18-,20-/m0/s1. The van der Waals surface area contributed by atoms with Crippen LogP contribution in [0.1, 0.15) is 35.3 Å². The fraction of sp³-hybridized carbons (Fsp3) is 0.450. The molecule has 0 unspecified atom stereocenters. The summed E-state index contributed by atoms with van der Waals surface area (Å²) in [4.78, 5) is 23.0. The van der Waals surface area contributed by atoms with E-state index in [0.29, 0.717) is 18.7 Å². The quantitative estimate of drug-likeness (QED) is 0.849. The zero-order chi connectivity index (χ0) is 18.0. The molecule has 2 atom stereocenters. The number of carbonyl (C=O) groups excluding carboxylic acids is 1. The summed E-state index contributed by atoms with van der Waals surface area (Å²) in [6.07, 6.45) is 7.77. The first-order valence-electron chi connectivity index (χ1n) is 9.06. The van der Waals surface area contributed by atoms with Crippen LogP contribution in [0.3, 0.4) is 0 Å². The Balaban J connectivity index is 1.41. The maximum Gasteiger partial charge on any atom is 0.255 e. The SMILES string of the molecule is Cc1ccc(C(=O)N2CCC[C@]3(C[C@H](Oc4cccnc4)CO3)C2)cn1. The Labute approximate surface area is 153 Å². The molecule has 1 amide bonds. The Morgan fingerprint density at radius 3 is 3.04 bits per heavy atom. The highest BCUT2D eigenvalue weighted by Crippen LogP contribution is 2.36. The Kier molecular flexibility index (Phi) is 4.59. The van der Waals surface area contributed by atoms with Crippen LogP contribution in [-0.2, 0) is 4.74 Å². The van der Waals surface area contributed by atoms with E-state index < -0.39 is 0 Å². The first-order valence-corrected chi connectivity index (χ1v) is 9.06. The largest absolute Gasteiger partial charge is 0.486 e. The second kappa shape index (κ2) is 7.03. The molecule has 6 nitrogen and oxygen atoms in total. The molecule has 0 aliphatic carbocycles. The summed E-state index contributed by atoms with van der Waals surface area (Å²) in [7, 11) is 0. The molecule has 6 heteroatoms. The molecule has 1 spiro atoms. The first-order chi connectivity index (χ1) is 12.6. The number of hydrogen-bond donors (Lipinski definition) is 0. The molecule has 2 aromatic heterocycles. The normalized spacial score (nSPS) is 25.4. The van der Waals surface area contributed by atoms with Crippen LogP contribution in [0.15, 0.2) is 42.9 Å². The van der Waals surface area contributed by atoms with E-state index in [1.165, 1.54) is 0 Å². The van der Waals surface area contributed by atoms with Gasteiger partial charge in [0.15, 0.2) is 0 Å². The number of piperidine rings is 1. The summed E-state index contributed by atoms with van der Waals surface area (Å²) in [5.74, 6) is 0.782. The van der Waals surface area contributed by atoms with Gasteiger partial charge in [-0.25, -0.2) is 0 Å². The maximum atomic E-state index is 12.8. The van der Waals surface area contributed by atoms with Crippen LogP contribution in [0.4, 0.5) is 0 Å². The zero-order valence-electron chi connectivity index (χ0n) is 14.9. The van der Waals surface area contributed by atoms with Crippen molar-refractivity contribution >= 4 is 5.91 Å². The van der Waals surface area contributed by atoms with Gasteiger partial charge in [-0.1, -0.05) is 0 Å². The molecule has 2 aromatic rings. The van der Waals surface area contributed by atoms with Gasteiger partial charge in [0.2, 0.25) is 0 Å². The van der Waals surface area contributed by atoms with Gasteiger partial charge >= 0.3 is 0 Å². The number of likely N-dealkylation sites (tertiary alicyclic amines) is 1. The molecule has 0 saturated carbocycles. The van der Waals surface area contributed by atoms with E-state index in [2.05, 4.69) is 9.97 Å². The molecule has 2 aliphatic heterocycles.